The van der Waals surface area contributed by atoms with Gasteiger partial charge in [-0.15, -0.1) is 0 Å². The monoisotopic (exact) mass is 307 g/mol. The Hall–Kier alpha value is -1.78. The van der Waals surface area contributed by atoms with Crippen LogP contribution in [-0.2, 0) is 4.74 Å². The minimum atomic E-state index is -0.460. The fourth-order valence-electron chi connectivity index (χ4n) is 2.11. The molecule has 112 valence electrons. The lowest BCUT2D eigenvalue weighted by Gasteiger charge is -2.18. The predicted molar refractivity (Wildman–Crippen MR) is 84.1 cm³/mol. The molecule has 2 rings (SSSR count). The summed E-state index contributed by atoms with van der Waals surface area (Å²) in [4.78, 5) is 12.0. The molecule has 1 atom stereocenters. The lowest BCUT2D eigenvalue weighted by molar-refractivity contribution is 0.0593. The van der Waals surface area contributed by atoms with E-state index in [-0.39, 0.29) is 6.10 Å². The molecule has 0 saturated heterocycles. The first-order valence-corrected chi connectivity index (χ1v) is 7.15. The van der Waals surface area contributed by atoms with Crippen LogP contribution in [0.15, 0.2) is 30.3 Å². The third-order valence-corrected chi connectivity index (χ3v) is 3.67. The normalized spacial score (nSPS) is 12.2. The van der Waals surface area contributed by atoms with E-state index in [1.165, 1.54) is 7.11 Å². The van der Waals surface area contributed by atoms with Crippen molar-refractivity contribution < 1.29 is 14.3 Å². The molecule has 0 aromatic heterocycles. The number of hydrogen-bond donors (Lipinski definition) is 1. The van der Waals surface area contributed by atoms with Crippen LogP contribution in [0.1, 0.15) is 23.7 Å². The Kier molecular flexibility index (Phi) is 5.04. The van der Waals surface area contributed by atoms with Crippen molar-refractivity contribution in [1.82, 2.24) is 0 Å². The van der Waals surface area contributed by atoms with Crippen LogP contribution in [0.25, 0.3) is 10.8 Å². The highest BCUT2D eigenvalue weighted by Gasteiger charge is 2.18. The van der Waals surface area contributed by atoms with Gasteiger partial charge < -0.3 is 15.2 Å². The number of ether oxygens (including phenoxy) is 2. The van der Waals surface area contributed by atoms with Crippen LogP contribution in [0, 0.1) is 0 Å². The Labute approximate surface area is 128 Å². The molecule has 0 heterocycles. The fourth-order valence-corrected chi connectivity index (χ4v) is 2.35. The lowest BCUT2D eigenvalue weighted by Crippen LogP contribution is -2.26. The van der Waals surface area contributed by atoms with E-state index in [1.54, 1.807) is 18.2 Å². The van der Waals surface area contributed by atoms with E-state index in [9.17, 15) is 4.79 Å². The topological polar surface area (TPSA) is 61.5 Å². The third kappa shape index (κ3) is 3.28. The van der Waals surface area contributed by atoms with Crippen molar-refractivity contribution in [3.63, 3.8) is 0 Å². The third-order valence-electron chi connectivity index (χ3n) is 3.34. The van der Waals surface area contributed by atoms with Gasteiger partial charge in [-0.1, -0.05) is 30.7 Å². The second kappa shape index (κ2) is 6.78. The average molecular weight is 308 g/mol. The fraction of sp³-hybridized carbons (Fsp3) is 0.312. The highest BCUT2D eigenvalue weighted by atomic mass is 35.5. The number of nitrogens with two attached hydrogens (primary N) is 1. The van der Waals surface area contributed by atoms with Crippen LogP contribution in [0.4, 0.5) is 0 Å². The molecule has 2 aromatic carbocycles. The quantitative estimate of drug-likeness (QED) is 0.860. The maximum Gasteiger partial charge on any atom is 0.341 e. The summed E-state index contributed by atoms with van der Waals surface area (Å²) in [7, 11) is 1.34. The van der Waals surface area contributed by atoms with Gasteiger partial charge in [0.1, 0.15) is 17.4 Å². The van der Waals surface area contributed by atoms with Gasteiger partial charge in [0.2, 0.25) is 0 Å². The standard InChI is InChI=1S/C16H18ClNO3/c1-3-11(9-18)21-15-7-10-5-4-6-14(17)12(10)8-13(15)16(19)20-2/h4-8,11H,3,9,18H2,1-2H3/t11-/m1/s1. The number of esters is 1. The second-order valence-corrected chi connectivity index (χ2v) is 5.09. The molecule has 0 amide bonds. The van der Waals surface area contributed by atoms with Crippen LogP contribution in [0.3, 0.4) is 0 Å². The van der Waals surface area contributed by atoms with Crippen molar-refractivity contribution in [2.45, 2.75) is 19.4 Å². The number of carbonyl (C=O) groups excluding carboxylic acids is 1. The SMILES string of the molecule is CC[C@H](CN)Oc1cc2cccc(Cl)c2cc1C(=O)OC. The van der Waals surface area contributed by atoms with Crippen LogP contribution >= 0.6 is 11.6 Å². The number of carbonyl (C=O) groups is 1. The molecule has 0 saturated carbocycles. The minimum absolute atomic E-state index is 0.148. The molecule has 0 spiro atoms. The predicted octanol–water partition coefficient (Wildman–Crippen LogP) is 3.40. The van der Waals surface area contributed by atoms with Gasteiger partial charge in [-0.05, 0) is 30.0 Å². The van der Waals surface area contributed by atoms with E-state index in [1.807, 2.05) is 19.1 Å². The smallest absolute Gasteiger partial charge is 0.341 e. The van der Waals surface area contributed by atoms with Crippen molar-refractivity contribution in [2.75, 3.05) is 13.7 Å². The molecule has 4 nitrogen and oxygen atoms in total. The highest BCUT2D eigenvalue weighted by molar-refractivity contribution is 6.35. The molecule has 0 aliphatic rings. The Balaban J connectivity index is 2.58. The largest absolute Gasteiger partial charge is 0.488 e. The van der Waals surface area contributed by atoms with Gasteiger partial charge in [0.05, 0.1) is 7.11 Å². The Morgan fingerprint density at radius 3 is 2.76 bits per heavy atom. The highest BCUT2D eigenvalue weighted by Crippen LogP contribution is 2.31. The van der Waals surface area contributed by atoms with Crippen molar-refractivity contribution >= 4 is 28.3 Å². The summed E-state index contributed by atoms with van der Waals surface area (Å²) in [5, 5.41) is 2.26. The van der Waals surface area contributed by atoms with Gasteiger partial charge in [-0.3, -0.25) is 0 Å². The first-order valence-electron chi connectivity index (χ1n) is 6.78. The Morgan fingerprint density at radius 2 is 2.14 bits per heavy atom. The second-order valence-electron chi connectivity index (χ2n) is 4.68. The summed E-state index contributed by atoms with van der Waals surface area (Å²) in [5.74, 6) is 0.00705. The van der Waals surface area contributed by atoms with E-state index in [0.717, 1.165) is 17.2 Å². The molecule has 0 fully saturated rings. The molecular weight excluding hydrogens is 290 g/mol. The van der Waals surface area contributed by atoms with E-state index < -0.39 is 5.97 Å². The lowest BCUT2D eigenvalue weighted by atomic mass is 10.1. The van der Waals surface area contributed by atoms with Gasteiger partial charge in [0.25, 0.3) is 0 Å². The van der Waals surface area contributed by atoms with Gasteiger partial charge in [0, 0.05) is 17.0 Å². The number of benzene rings is 2. The van der Waals surface area contributed by atoms with E-state index in [2.05, 4.69) is 0 Å². The molecule has 0 radical (unpaired) electrons. The number of fused-ring (bicyclic) bond motifs is 1. The van der Waals surface area contributed by atoms with Crippen LogP contribution < -0.4 is 10.5 Å². The zero-order chi connectivity index (χ0) is 15.4. The zero-order valence-corrected chi connectivity index (χ0v) is 12.8. The van der Waals surface area contributed by atoms with Crippen LogP contribution in [0.5, 0.6) is 5.75 Å². The molecule has 0 unspecified atom stereocenters. The van der Waals surface area contributed by atoms with E-state index in [4.69, 9.17) is 26.8 Å². The Morgan fingerprint density at radius 1 is 1.38 bits per heavy atom. The summed E-state index contributed by atoms with van der Waals surface area (Å²) >= 11 is 6.18. The first kappa shape index (κ1) is 15.6. The van der Waals surface area contributed by atoms with Crippen molar-refractivity contribution in [2.24, 2.45) is 5.73 Å². The molecule has 0 aliphatic heterocycles. The number of hydrogen-bond acceptors (Lipinski definition) is 4. The van der Waals surface area contributed by atoms with Crippen molar-refractivity contribution in [3.8, 4) is 5.75 Å². The molecule has 2 aromatic rings. The van der Waals surface area contributed by atoms with Gasteiger partial charge in [-0.2, -0.15) is 0 Å². The molecular formula is C16H18ClNO3. The number of halogens is 1. The van der Waals surface area contributed by atoms with Crippen molar-refractivity contribution in [1.29, 1.82) is 0 Å². The zero-order valence-electron chi connectivity index (χ0n) is 12.1. The maximum atomic E-state index is 12.0. The summed E-state index contributed by atoms with van der Waals surface area (Å²) in [6, 6.07) is 9.04. The summed E-state index contributed by atoms with van der Waals surface area (Å²) in [5.41, 5.74) is 6.02. The number of methoxy groups -OCH3 is 1. The molecule has 21 heavy (non-hydrogen) atoms. The van der Waals surface area contributed by atoms with Gasteiger partial charge in [-0.25, -0.2) is 4.79 Å². The van der Waals surface area contributed by atoms with Gasteiger partial charge >= 0.3 is 5.97 Å². The average Bonchev–Trinajstić information content (AvgIpc) is 2.51. The summed E-state index contributed by atoms with van der Waals surface area (Å²) in [6.45, 7) is 2.36. The van der Waals surface area contributed by atoms with Crippen LogP contribution in [0.2, 0.25) is 5.02 Å². The molecule has 2 N–H and O–H groups in total. The summed E-state index contributed by atoms with van der Waals surface area (Å²) < 4.78 is 10.7. The van der Waals surface area contributed by atoms with E-state index >= 15 is 0 Å². The molecule has 0 aliphatic carbocycles. The number of rotatable bonds is 5. The Bertz CT molecular complexity index is 653. The molecule has 5 heteroatoms. The van der Waals surface area contributed by atoms with E-state index in [0.29, 0.717) is 22.9 Å². The molecule has 0 bridgehead atoms. The maximum absolute atomic E-state index is 12.0. The van der Waals surface area contributed by atoms with Gasteiger partial charge in [0.15, 0.2) is 0 Å². The minimum Gasteiger partial charge on any atom is -0.488 e. The summed E-state index contributed by atoms with van der Waals surface area (Å²) in [6.07, 6.45) is 0.607. The first-order chi connectivity index (χ1) is 10.1. The van der Waals surface area contributed by atoms with Crippen molar-refractivity contribution in [3.05, 3.63) is 40.9 Å². The van der Waals surface area contributed by atoms with Crippen LogP contribution in [-0.4, -0.2) is 25.7 Å².